The second kappa shape index (κ2) is 6.73. The SMILES string of the molecule is c1ccc(B2c3ccccc3-n3c4ccccc4c4ccc(-c5ccccc5)c2c43)cc1. The molecule has 7 rings (SSSR count). The van der Waals surface area contributed by atoms with E-state index in [9.17, 15) is 0 Å². The Labute approximate surface area is 187 Å². The first-order chi connectivity index (χ1) is 15.9. The molecule has 1 nitrogen and oxygen atoms in total. The van der Waals surface area contributed by atoms with Crippen LogP contribution in [0, 0.1) is 0 Å². The third-order valence-corrected chi connectivity index (χ3v) is 6.87. The maximum absolute atomic E-state index is 2.49. The predicted octanol–water partition coefficient (Wildman–Crippen LogP) is 5.28. The highest BCUT2D eigenvalue weighted by molar-refractivity contribution is 6.98. The van der Waals surface area contributed by atoms with Crippen molar-refractivity contribution in [2.45, 2.75) is 0 Å². The number of benzene rings is 5. The number of para-hydroxylation sites is 2. The Balaban J connectivity index is 1.73. The van der Waals surface area contributed by atoms with Gasteiger partial charge in [0.25, 0.3) is 0 Å². The highest BCUT2D eigenvalue weighted by Gasteiger charge is 2.35. The summed E-state index contributed by atoms with van der Waals surface area (Å²) in [6.45, 7) is 0.183. The lowest BCUT2D eigenvalue weighted by Gasteiger charge is -2.29. The summed E-state index contributed by atoms with van der Waals surface area (Å²) in [6.07, 6.45) is 0. The average Bonchev–Trinajstić information content (AvgIpc) is 3.21. The molecule has 0 N–H and O–H groups in total. The zero-order valence-electron chi connectivity index (χ0n) is 17.6. The van der Waals surface area contributed by atoms with Gasteiger partial charge in [0.15, 0.2) is 0 Å². The van der Waals surface area contributed by atoms with E-state index in [4.69, 9.17) is 0 Å². The Morgan fingerprint density at radius 2 is 1.22 bits per heavy atom. The average molecular weight is 405 g/mol. The molecule has 0 saturated carbocycles. The lowest BCUT2D eigenvalue weighted by Crippen LogP contribution is -2.56. The van der Waals surface area contributed by atoms with Crippen LogP contribution >= 0.6 is 0 Å². The van der Waals surface area contributed by atoms with E-state index >= 15 is 0 Å². The molecule has 1 aliphatic heterocycles. The molecule has 0 bridgehead atoms. The maximum Gasteiger partial charge on any atom is 0.247 e. The van der Waals surface area contributed by atoms with E-state index in [0.29, 0.717) is 0 Å². The van der Waals surface area contributed by atoms with Crippen molar-refractivity contribution in [2.75, 3.05) is 0 Å². The van der Waals surface area contributed by atoms with Gasteiger partial charge in [-0.1, -0.05) is 115 Å². The van der Waals surface area contributed by atoms with Gasteiger partial charge in [0.1, 0.15) is 0 Å². The number of hydrogen-bond acceptors (Lipinski definition) is 0. The fourth-order valence-electron chi connectivity index (χ4n) is 5.58. The zero-order valence-corrected chi connectivity index (χ0v) is 17.6. The molecule has 6 aromatic rings. The summed E-state index contributed by atoms with van der Waals surface area (Å²) in [5, 5.41) is 2.64. The van der Waals surface area contributed by atoms with Crippen LogP contribution in [-0.4, -0.2) is 11.3 Å². The molecule has 148 valence electrons. The first-order valence-electron chi connectivity index (χ1n) is 11.2. The molecule has 1 aromatic heterocycles. The van der Waals surface area contributed by atoms with Crippen LogP contribution in [0.1, 0.15) is 0 Å². The standard InChI is InChI=1S/C30H20BN/c1-3-11-21(12-4-1)23-19-20-25-24-15-7-9-17-27(24)32-28-18-10-8-16-26(28)31(29(23)30(25)32)22-13-5-2-6-14-22/h1-20H. The third-order valence-electron chi connectivity index (χ3n) is 6.87. The van der Waals surface area contributed by atoms with Gasteiger partial charge < -0.3 is 4.57 Å². The molecular weight excluding hydrogens is 385 g/mol. The maximum atomic E-state index is 2.49. The Bertz CT molecular complexity index is 1610. The van der Waals surface area contributed by atoms with Crippen molar-refractivity contribution >= 4 is 44.9 Å². The summed E-state index contributed by atoms with van der Waals surface area (Å²) in [4.78, 5) is 0. The number of aromatic nitrogens is 1. The van der Waals surface area contributed by atoms with Crippen molar-refractivity contribution in [2.24, 2.45) is 0 Å². The second-order valence-corrected chi connectivity index (χ2v) is 8.54. The third kappa shape index (κ3) is 2.35. The van der Waals surface area contributed by atoms with Crippen molar-refractivity contribution < 1.29 is 0 Å². The monoisotopic (exact) mass is 405 g/mol. The highest BCUT2D eigenvalue weighted by atomic mass is 15.0. The van der Waals surface area contributed by atoms with E-state index in [1.165, 1.54) is 55.0 Å². The highest BCUT2D eigenvalue weighted by Crippen LogP contribution is 2.35. The number of rotatable bonds is 2. The molecule has 2 heteroatoms. The molecule has 0 amide bonds. The van der Waals surface area contributed by atoms with Crippen molar-refractivity contribution in [1.29, 1.82) is 0 Å². The van der Waals surface area contributed by atoms with Crippen LogP contribution in [0.4, 0.5) is 0 Å². The van der Waals surface area contributed by atoms with Gasteiger partial charge in [-0.3, -0.25) is 0 Å². The topological polar surface area (TPSA) is 4.93 Å². The van der Waals surface area contributed by atoms with Gasteiger partial charge in [-0.05, 0) is 34.2 Å². The zero-order chi connectivity index (χ0) is 21.1. The normalized spacial score (nSPS) is 12.3. The Kier molecular flexibility index (Phi) is 3.71. The number of fused-ring (bicyclic) bond motifs is 5. The van der Waals surface area contributed by atoms with Gasteiger partial charge >= 0.3 is 0 Å². The molecule has 0 saturated heterocycles. The Hall–Kier alpha value is -4.04. The Morgan fingerprint density at radius 3 is 2.06 bits per heavy atom. The van der Waals surface area contributed by atoms with Gasteiger partial charge in [-0.15, -0.1) is 0 Å². The minimum atomic E-state index is 0.183. The first-order valence-corrected chi connectivity index (χ1v) is 11.2. The van der Waals surface area contributed by atoms with Crippen LogP contribution < -0.4 is 16.4 Å². The van der Waals surface area contributed by atoms with E-state index in [1.807, 2.05) is 0 Å². The van der Waals surface area contributed by atoms with E-state index < -0.39 is 0 Å². The molecule has 0 radical (unpaired) electrons. The molecule has 0 atom stereocenters. The van der Waals surface area contributed by atoms with Crippen LogP contribution in [0.15, 0.2) is 121 Å². The van der Waals surface area contributed by atoms with Crippen LogP contribution in [-0.2, 0) is 0 Å². The van der Waals surface area contributed by atoms with Gasteiger partial charge in [0.2, 0.25) is 6.71 Å². The lowest BCUT2D eigenvalue weighted by atomic mass is 9.34. The summed E-state index contributed by atoms with van der Waals surface area (Å²) >= 11 is 0. The van der Waals surface area contributed by atoms with Gasteiger partial charge in [-0.25, -0.2) is 0 Å². The number of hydrogen-bond donors (Lipinski definition) is 0. The van der Waals surface area contributed by atoms with Crippen LogP contribution in [0.3, 0.4) is 0 Å². The van der Waals surface area contributed by atoms with E-state index in [0.717, 1.165) is 0 Å². The van der Waals surface area contributed by atoms with Gasteiger partial charge in [-0.2, -0.15) is 0 Å². The van der Waals surface area contributed by atoms with Gasteiger partial charge in [0.05, 0.1) is 5.52 Å². The molecule has 5 aromatic carbocycles. The molecule has 0 unspecified atom stereocenters. The molecular formula is C30H20BN. The predicted molar refractivity (Wildman–Crippen MR) is 137 cm³/mol. The van der Waals surface area contributed by atoms with E-state index in [2.05, 4.69) is 126 Å². The van der Waals surface area contributed by atoms with Crippen molar-refractivity contribution in [1.82, 2.24) is 4.57 Å². The summed E-state index contributed by atoms with van der Waals surface area (Å²) in [6, 6.07) is 44.1. The fourth-order valence-corrected chi connectivity index (χ4v) is 5.58. The van der Waals surface area contributed by atoms with E-state index in [-0.39, 0.29) is 6.71 Å². The van der Waals surface area contributed by atoms with Gasteiger partial charge in [0, 0.05) is 22.0 Å². The van der Waals surface area contributed by atoms with Crippen LogP contribution in [0.2, 0.25) is 0 Å². The summed E-state index contributed by atoms with van der Waals surface area (Å²) in [5.41, 5.74) is 10.6. The Morgan fingerprint density at radius 1 is 0.531 bits per heavy atom. The minimum Gasteiger partial charge on any atom is -0.310 e. The lowest BCUT2D eigenvalue weighted by molar-refractivity contribution is 1.19. The summed E-state index contributed by atoms with van der Waals surface area (Å²) < 4.78 is 2.49. The minimum absolute atomic E-state index is 0.183. The quantitative estimate of drug-likeness (QED) is 0.345. The molecule has 1 aliphatic rings. The number of nitrogens with zero attached hydrogens (tertiary/aromatic N) is 1. The van der Waals surface area contributed by atoms with Crippen molar-refractivity contribution in [3.8, 4) is 16.8 Å². The van der Waals surface area contributed by atoms with Crippen molar-refractivity contribution in [3.05, 3.63) is 121 Å². The second-order valence-electron chi connectivity index (χ2n) is 8.54. The summed E-state index contributed by atoms with van der Waals surface area (Å²) in [7, 11) is 0. The van der Waals surface area contributed by atoms with Crippen molar-refractivity contribution in [3.63, 3.8) is 0 Å². The first kappa shape index (κ1) is 17.6. The molecule has 32 heavy (non-hydrogen) atoms. The fraction of sp³-hybridized carbons (Fsp3) is 0. The largest absolute Gasteiger partial charge is 0.310 e. The summed E-state index contributed by atoms with van der Waals surface area (Å²) in [5.74, 6) is 0. The molecule has 0 aliphatic carbocycles. The smallest absolute Gasteiger partial charge is 0.247 e. The van der Waals surface area contributed by atoms with Crippen LogP contribution in [0.25, 0.3) is 38.6 Å². The molecule has 0 fully saturated rings. The van der Waals surface area contributed by atoms with Crippen LogP contribution in [0.5, 0.6) is 0 Å². The molecule has 2 heterocycles. The van der Waals surface area contributed by atoms with E-state index in [1.54, 1.807) is 0 Å². The molecule has 0 spiro atoms.